The Morgan fingerprint density at radius 1 is 0.947 bits per heavy atom. The molecule has 2 aliphatic rings. The molecule has 1 aromatic rings. The van der Waals surface area contributed by atoms with Crippen LogP contribution in [0.15, 0.2) is 30.4 Å². The largest absolute Gasteiger partial charge is 0.491 e. The number of ether oxygens (including phenoxy) is 5. The van der Waals surface area contributed by atoms with E-state index in [-0.39, 0.29) is 57.4 Å². The van der Waals surface area contributed by atoms with E-state index in [0.29, 0.717) is 24.8 Å². The van der Waals surface area contributed by atoms with E-state index in [0.717, 1.165) is 17.1 Å². The van der Waals surface area contributed by atoms with Gasteiger partial charge in [0.2, 0.25) is 18.1 Å². The summed E-state index contributed by atoms with van der Waals surface area (Å²) in [7, 11) is -4.68. The highest BCUT2D eigenvalue weighted by Gasteiger charge is 2.48. The Kier molecular flexibility index (Phi) is 17.3. The van der Waals surface area contributed by atoms with Gasteiger partial charge in [-0.15, -0.1) is 0 Å². The molecule has 0 aromatic heterocycles. The van der Waals surface area contributed by atoms with Gasteiger partial charge in [-0.1, -0.05) is 6.42 Å². The first-order chi connectivity index (χ1) is 26.7. The Balaban J connectivity index is 1.50. The first-order valence-electron chi connectivity index (χ1n) is 17.8. The molecular formula is C35H49N3O18S. The number of carboxylic acids is 1. The van der Waals surface area contributed by atoms with Crippen LogP contribution in [0.5, 0.6) is 11.5 Å². The molecule has 57 heavy (non-hydrogen) atoms. The molecule has 6 atom stereocenters. The summed E-state index contributed by atoms with van der Waals surface area (Å²) in [5.41, 5.74) is -0.443. The van der Waals surface area contributed by atoms with Crippen LogP contribution in [-0.2, 0) is 59.7 Å². The third kappa shape index (κ3) is 15.0. The van der Waals surface area contributed by atoms with Gasteiger partial charge >= 0.3 is 11.9 Å². The third-order valence-electron chi connectivity index (χ3n) is 8.32. The van der Waals surface area contributed by atoms with Crippen LogP contribution in [0, 0.1) is 5.41 Å². The fraction of sp³-hybridized carbons (Fsp3) is 0.600. The van der Waals surface area contributed by atoms with E-state index in [9.17, 15) is 62.2 Å². The summed E-state index contributed by atoms with van der Waals surface area (Å²) in [4.78, 5) is 73.3. The molecule has 0 spiro atoms. The van der Waals surface area contributed by atoms with Crippen molar-refractivity contribution in [3.63, 3.8) is 0 Å². The van der Waals surface area contributed by atoms with Gasteiger partial charge in [0, 0.05) is 43.3 Å². The summed E-state index contributed by atoms with van der Waals surface area (Å²) in [5.74, 6) is -5.51. The van der Waals surface area contributed by atoms with Gasteiger partial charge in [0.15, 0.2) is 6.10 Å². The molecular weight excluding hydrogens is 782 g/mol. The Hall–Kier alpha value is -4.71. The number of carboxylic acid groups (broad SMARTS) is 1. The molecule has 2 heterocycles. The topological polar surface area (TPSA) is 311 Å². The summed E-state index contributed by atoms with van der Waals surface area (Å²) < 4.78 is 59.8. The molecule has 4 amide bonds. The fourth-order valence-corrected chi connectivity index (χ4v) is 5.89. The lowest BCUT2D eigenvalue weighted by atomic mass is 9.97. The van der Waals surface area contributed by atoms with Crippen molar-refractivity contribution in [2.45, 2.75) is 89.8 Å². The predicted octanol–water partition coefficient (Wildman–Crippen LogP) is -1.58. The lowest BCUT2D eigenvalue weighted by molar-refractivity contribution is -0.271. The molecule has 1 saturated heterocycles. The number of imide groups is 1. The molecule has 1 fully saturated rings. The average molecular weight is 832 g/mol. The van der Waals surface area contributed by atoms with Crippen molar-refractivity contribution < 1.29 is 85.8 Å². The van der Waals surface area contributed by atoms with E-state index in [2.05, 4.69) is 10.6 Å². The highest BCUT2D eigenvalue weighted by Crippen LogP contribution is 2.30. The molecule has 7 N–H and O–H groups in total. The van der Waals surface area contributed by atoms with Gasteiger partial charge < -0.3 is 54.7 Å². The fourth-order valence-electron chi connectivity index (χ4n) is 5.23. The zero-order valence-electron chi connectivity index (χ0n) is 31.5. The van der Waals surface area contributed by atoms with Gasteiger partial charge in [-0.3, -0.25) is 33.4 Å². The van der Waals surface area contributed by atoms with E-state index in [1.54, 1.807) is 20.8 Å². The highest BCUT2D eigenvalue weighted by atomic mass is 32.2. The van der Waals surface area contributed by atoms with Crippen molar-refractivity contribution in [2.75, 3.05) is 38.7 Å². The molecule has 3 rings (SSSR count). The monoisotopic (exact) mass is 831 g/mol. The Morgan fingerprint density at radius 3 is 2.26 bits per heavy atom. The van der Waals surface area contributed by atoms with E-state index in [1.165, 1.54) is 18.2 Å². The number of carbonyl (C=O) groups excluding carboxylic acids is 5. The van der Waals surface area contributed by atoms with Crippen LogP contribution in [0.1, 0.15) is 52.0 Å². The summed E-state index contributed by atoms with van der Waals surface area (Å²) in [6.07, 6.45) is -5.84. The number of hydrogen-bond donors (Lipinski definition) is 7. The van der Waals surface area contributed by atoms with Crippen molar-refractivity contribution in [1.29, 1.82) is 0 Å². The maximum absolute atomic E-state index is 12.7. The molecule has 0 unspecified atom stereocenters. The number of esters is 1. The van der Waals surface area contributed by atoms with Crippen molar-refractivity contribution >= 4 is 45.7 Å². The van der Waals surface area contributed by atoms with Crippen LogP contribution in [-0.4, -0.2) is 149 Å². The van der Waals surface area contributed by atoms with Crippen LogP contribution >= 0.6 is 0 Å². The van der Waals surface area contributed by atoms with Gasteiger partial charge in [-0.2, -0.15) is 8.42 Å². The van der Waals surface area contributed by atoms with E-state index in [4.69, 9.17) is 23.7 Å². The Bertz CT molecular complexity index is 1730. The lowest BCUT2D eigenvalue weighted by Gasteiger charge is -2.38. The predicted molar refractivity (Wildman–Crippen MR) is 193 cm³/mol. The number of aliphatic hydroxyl groups excluding tert-OH is 3. The highest BCUT2D eigenvalue weighted by molar-refractivity contribution is 7.85. The maximum atomic E-state index is 12.7. The average Bonchev–Trinajstić information content (AvgIpc) is 3.44. The molecule has 318 valence electrons. The van der Waals surface area contributed by atoms with Gasteiger partial charge in [0.25, 0.3) is 21.9 Å². The maximum Gasteiger partial charge on any atom is 0.335 e. The van der Waals surface area contributed by atoms with Crippen LogP contribution in [0.2, 0.25) is 0 Å². The minimum Gasteiger partial charge on any atom is -0.491 e. The van der Waals surface area contributed by atoms with Crippen LogP contribution in [0.4, 0.5) is 0 Å². The number of nitrogens with one attached hydrogen (secondary N) is 2. The molecule has 22 heteroatoms. The van der Waals surface area contributed by atoms with Gasteiger partial charge in [-0.05, 0) is 45.7 Å². The second-order valence-electron chi connectivity index (χ2n) is 14.0. The second-order valence-corrected chi connectivity index (χ2v) is 15.5. The van der Waals surface area contributed by atoms with Crippen LogP contribution in [0.3, 0.4) is 0 Å². The van der Waals surface area contributed by atoms with Gasteiger partial charge in [0.1, 0.15) is 54.8 Å². The van der Waals surface area contributed by atoms with E-state index < -0.39 is 93.6 Å². The smallest absolute Gasteiger partial charge is 0.335 e. The Labute approximate surface area is 328 Å². The van der Waals surface area contributed by atoms with Crippen molar-refractivity contribution in [3.8, 4) is 11.5 Å². The van der Waals surface area contributed by atoms with Gasteiger partial charge in [0.05, 0.1) is 18.6 Å². The number of amides is 4. The molecule has 21 nitrogen and oxygen atoms in total. The summed E-state index contributed by atoms with van der Waals surface area (Å²) in [6, 6.07) is 2.55. The summed E-state index contributed by atoms with van der Waals surface area (Å²) in [6.45, 7) is 4.50. The Morgan fingerprint density at radius 2 is 1.63 bits per heavy atom. The van der Waals surface area contributed by atoms with Crippen LogP contribution < -0.4 is 20.1 Å². The first-order valence-corrected chi connectivity index (χ1v) is 19.4. The number of carbonyl (C=O) groups is 6. The molecule has 0 bridgehead atoms. The lowest BCUT2D eigenvalue weighted by Crippen LogP contribution is -2.61. The molecule has 2 aliphatic heterocycles. The standard InChI is InChI=1S/C35H49N3O18S/c1-35(2,3)34(48)54-18-20-8-9-21(55-33-29(44)27(42)28(43)30(56-33)32(46)47)17-23(20)53-16-15-52-14-12-36-31(45)22(19-57(49,50)51)37-24(39)7-5-4-6-13-38-25(40)10-11-26(38)41/h8-11,17,22,27-30,33,42-44H,4-7,12-16,18-19H2,1-3H3,(H,36,45)(H,37,39)(H,46,47)(H,49,50,51)/t22-,27-,28-,29+,30-,33+/m0/s1. The molecule has 0 saturated carbocycles. The van der Waals surface area contributed by atoms with Crippen LogP contribution in [0.25, 0.3) is 0 Å². The summed E-state index contributed by atoms with van der Waals surface area (Å²) >= 11 is 0. The number of rotatable bonds is 22. The zero-order chi connectivity index (χ0) is 42.5. The second kappa shape index (κ2) is 21.2. The van der Waals surface area contributed by atoms with E-state index >= 15 is 0 Å². The van der Waals surface area contributed by atoms with Crippen molar-refractivity contribution in [1.82, 2.24) is 15.5 Å². The molecule has 0 radical (unpaired) electrons. The zero-order valence-corrected chi connectivity index (χ0v) is 32.3. The normalized spacial score (nSPS) is 21.5. The SMILES string of the molecule is CC(C)(C)C(=O)OCc1ccc(O[C@@H]2O[C@H](C(=O)O)[C@@H](O)[C@H](O)[C@H]2O)cc1OCCOCCNC(=O)[C@H](CS(=O)(=O)O)NC(=O)CCCCCN1C(=O)C=CC1=O. The van der Waals surface area contributed by atoms with Gasteiger partial charge in [-0.25, -0.2) is 4.79 Å². The number of hydrogen-bond acceptors (Lipinski definition) is 16. The molecule has 1 aromatic carbocycles. The van der Waals surface area contributed by atoms with Crippen molar-refractivity contribution in [3.05, 3.63) is 35.9 Å². The first kappa shape index (κ1) is 46.7. The van der Waals surface area contributed by atoms with E-state index in [1.807, 2.05) is 0 Å². The number of unbranched alkanes of at least 4 members (excludes halogenated alkanes) is 2. The number of aliphatic hydroxyl groups is 3. The van der Waals surface area contributed by atoms with Crippen molar-refractivity contribution in [2.24, 2.45) is 5.41 Å². The third-order valence-corrected chi connectivity index (χ3v) is 9.08. The minimum absolute atomic E-state index is 0.0199. The molecule has 0 aliphatic carbocycles. The number of aliphatic carboxylic acids is 1. The number of benzene rings is 1. The minimum atomic E-state index is -4.68. The quantitative estimate of drug-likeness (QED) is 0.0300. The number of nitrogens with zero attached hydrogens (tertiary/aromatic N) is 1. The summed E-state index contributed by atoms with van der Waals surface area (Å²) in [5, 5.41) is 44.4.